The monoisotopic (exact) mass is 164 g/mol. The van der Waals surface area contributed by atoms with Crippen molar-refractivity contribution in [1.29, 1.82) is 5.26 Å². The lowest BCUT2D eigenvalue weighted by atomic mass is 10.2. The van der Waals surface area contributed by atoms with Gasteiger partial charge in [-0.25, -0.2) is 9.67 Å². The van der Waals surface area contributed by atoms with Crippen LogP contribution >= 0.6 is 0 Å². The number of hydrogen-bond donors (Lipinski definition) is 0. The van der Waals surface area contributed by atoms with E-state index < -0.39 is 0 Å². The minimum absolute atomic E-state index is 0.248. The third-order valence-electron chi connectivity index (χ3n) is 1.77. The Balaban J connectivity index is 2.69. The van der Waals surface area contributed by atoms with Crippen LogP contribution in [0.15, 0.2) is 6.33 Å². The molecule has 0 aliphatic rings. The van der Waals surface area contributed by atoms with E-state index in [0.29, 0.717) is 6.04 Å². The zero-order chi connectivity index (χ0) is 8.97. The average Bonchev–Trinajstić information content (AvgIpc) is 2.52. The highest BCUT2D eigenvalue weighted by Crippen LogP contribution is 2.09. The van der Waals surface area contributed by atoms with Crippen molar-refractivity contribution in [2.24, 2.45) is 0 Å². The quantitative estimate of drug-likeness (QED) is 0.680. The molecule has 1 rings (SSSR count). The van der Waals surface area contributed by atoms with Crippen LogP contribution in [0.2, 0.25) is 0 Å². The second kappa shape index (κ2) is 3.86. The number of hydrogen-bond acceptors (Lipinski definition) is 3. The van der Waals surface area contributed by atoms with Crippen LogP contribution in [0.25, 0.3) is 0 Å². The smallest absolute Gasteiger partial charge is 0.249 e. The highest BCUT2D eigenvalue weighted by molar-refractivity contribution is 5.05. The largest absolute Gasteiger partial charge is 0.252 e. The van der Waals surface area contributed by atoms with Crippen LogP contribution in [-0.4, -0.2) is 14.8 Å². The van der Waals surface area contributed by atoms with Gasteiger partial charge >= 0.3 is 0 Å². The molecule has 0 bridgehead atoms. The van der Waals surface area contributed by atoms with Gasteiger partial charge in [0.15, 0.2) is 0 Å². The van der Waals surface area contributed by atoms with E-state index in [-0.39, 0.29) is 5.82 Å². The fraction of sp³-hybridized carbons (Fsp3) is 0.625. The van der Waals surface area contributed by atoms with Crippen molar-refractivity contribution in [3.8, 4) is 6.07 Å². The summed E-state index contributed by atoms with van der Waals surface area (Å²) in [5, 5.41) is 12.5. The molecule has 0 fully saturated rings. The molecule has 0 aliphatic carbocycles. The molecular weight excluding hydrogens is 152 g/mol. The molecule has 0 aromatic carbocycles. The summed E-state index contributed by atoms with van der Waals surface area (Å²) < 4.78 is 1.74. The molecule has 1 unspecified atom stereocenters. The number of rotatable bonds is 3. The van der Waals surface area contributed by atoms with Crippen molar-refractivity contribution in [2.45, 2.75) is 32.7 Å². The van der Waals surface area contributed by atoms with Gasteiger partial charge in [-0.05, 0) is 13.3 Å². The second-order valence-electron chi connectivity index (χ2n) is 2.80. The van der Waals surface area contributed by atoms with Gasteiger partial charge in [0.1, 0.15) is 12.4 Å². The molecule has 0 radical (unpaired) electrons. The van der Waals surface area contributed by atoms with Gasteiger partial charge in [0.2, 0.25) is 0 Å². The molecular formula is C8H12N4. The third kappa shape index (κ3) is 1.82. The van der Waals surface area contributed by atoms with Crippen LogP contribution in [0.1, 0.15) is 38.6 Å². The van der Waals surface area contributed by atoms with Crippen LogP contribution in [-0.2, 0) is 0 Å². The Morgan fingerprint density at radius 2 is 2.50 bits per heavy atom. The van der Waals surface area contributed by atoms with E-state index in [4.69, 9.17) is 5.26 Å². The lowest BCUT2D eigenvalue weighted by Crippen LogP contribution is -2.05. The van der Waals surface area contributed by atoms with Gasteiger partial charge in [-0.2, -0.15) is 5.26 Å². The number of nitriles is 1. The molecule has 4 nitrogen and oxygen atoms in total. The molecule has 1 aromatic heterocycles. The summed E-state index contributed by atoms with van der Waals surface area (Å²) in [6, 6.07) is 2.24. The Morgan fingerprint density at radius 1 is 1.75 bits per heavy atom. The van der Waals surface area contributed by atoms with Crippen LogP contribution in [0.4, 0.5) is 0 Å². The average molecular weight is 164 g/mol. The predicted octanol–water partition coefficient (Wildman–Crippen LogP) is 1.51. The molecule has 12 heavy (non-hydrogen) atoms. The van der Waals surface area contributed by atoms with Crippen molar-refractivity contribution < 1.29 is 0 Å². The molecule has 64 valence electrons. The maximum Gasteiger partial charge on any atom is 0.252 e. The van der Waals surface area contributed by atoms with E-state index in [9.17, 15) is 0 Å². The summed E-state index contributed by atoms with van der Waals surface area (Å²) >= 11 is 0. The minimum Gasteiger partial charge on any atom is -0.249 e. The van der Waals surface area contributed by atoms with E-state index in [1.54, 1.807) is 11.0 Å². The lowest BCUT2D eigenvalue weighted by Gasteiger charge is -2.08. The van der Waals surface area contributed by atoms with Crippen LogP contribution in [0.5, 0.6) is 0 Å². The summed E-state index contributed by atoms with van der Waals surface area (Å²) in [6.45, 7) is 4.19. The van der Waals surface area contributed by atoms with Crippen LogP contribution in [0, 0.1) is 11.3 Å². The van der Waals surface area contributed by atoms with Gasteiger partial charge in [-0.1, -0.05) is 13.3 Å². The zero-order valence-corrected chi connectivity index (χ0v) is 7.36. The zero-order valence-electron chi connectivity index (χ0n) is 7.36. The molecule has 0 N–H and O–H groups in total. The molecule has 0 saturated carbocycles. The maximum absolute atomic E-state index is 8.47. The number of aromatic nitrogens is 3. The standard InChI is InChI=1S/C8H12N4/c1-3-4-7(2)12-6-10-8(5-9)11-12/h6-7H,3-4H2,1-2H3. The fourth-order valence-electron chi connectivity index (χ4n) is 1.09. The van der Waals surface area contributed by atoms with Crippen molar-refractivity contribution in [2.75, 3.05) is 0 Å². The maximum atomic E-state index is 8.47. The van der Waals surface area contributed by atoms with E-state index in [1.165, 1.54) is 0 Å². The van der Waals surface area contributed by atoms with Gasteiger partial charge in [-0.15, -0.1) is 5.10 Å². The first-order valence-corrected chi connectivity index (χ1v) is 4.09. The summed E-state index contributed by atoms with van der Waals surface area (Å²) in [5.74, 6) is 0.248. The summed E-state index contributed by atoms with van der Waals surface area (Å²) in [6.07, 6.45) is 3.79. The lowest BCUT2D eigenvalue weighted by molar-refractivity contribution is 0.453. The molecule has 0 spiro atoms. The van der Waals surface area contributed by atoms with Crippen molar-refractivity contribution >= 4 is 0 Å². The SMILES string of the molecule is CCCC(C)n1cnc(C#N)n1. The van der Waals surface area contributed by atoms with Crippen molar-refractivity contribution in [3.05, 3.63) is 12.2 Å². The van der Waals surface area contributed by atoms with Gasteiger partial charge in [0.05, 0.1) is 6.04 Å². The van der Waals surface area contributed by atoms with Crippen LogP contribution < -0.4 is 0 Å². The first-order valence-electron chi connectivity index (χ1n) is 4.09. The molecule has 0 aliphatic heterocycles. The molecule has 4 heteroatoms. The fourth-order valence-corrected chi connectivity index (χ4v) is 1.09. The molecule has 1 atom stereocenters. The van der Waals surface area contributed by atoms with Gasteiger partial charge in [0, 0.05) is 0 Å². The Labute approximate surface area is 71.8 Å². The Kier molecular flexibility index (Phi) is 2.81. The Bertz CT molecular complexity index is 283. The van der Waals surface area contributed by atoms with Gasteiger partial charge < -0.3 is 0 Å². The predicted molar refractivity (Wildman–Crippen MR) is 44.4 cm³/mol. The van der Waals surface area contributed by atoms with Crippen molar-refractivity contribution in [1.82, 2.24) is 14.8 Å². The molecule has 1 aromatic rings. The normalized spacial score (nSPS) is 12.4. The highest BCUT2D eigenvalue weighted by Gasteiger charge is 2.05. The second-order valence-corrected chi connectivity index (χ2v) is 2.80. The van der Waals surface area contributed by atoms with Gasteiger partial charge in [0.25, 0.3) is 5.82 Å². The number of nitrogens with zero attached hydrogens (tertiary/aromatic N) is 4. The van der Waals surface area contributed by atoms with E-state index in [0.717, 1.165) is 12.8 Å². The first-order chi connectivity index (χ1) is 5.77. The minimum atomic E-state index is 0.248. The van der Waals surface area contributed by atoms with E-state index >= 15 is 0 Å². The van der Waals surface area contributed by atoms with E-state index in [2.05, 4.69) is 23.9 Å². The van der Waals surface area contributed by atoms with Crippen LogP contribution in [0.3, 0.4) is 0 Å². The third-order valence-corrected chi connectivity index (χ3v) is 1.77. The van der Waals surface area contributed by atoms with Gasteiger partial charge in [-0.3, -0.25) is 0 Å². The Morgan fingerprint density at radius 3 is 3.00 bits per heavy atom. The van der Waals surface area contributed by atoms with E-state index in [1.807, 2.05) is 6.07 Å². The summed E-state index contributed by atoms with van der Waals surface area (Å²) in [5.41, 5.74) is 0. The molecule has 0 amide bonds. The highest BCUT2D eigenvalue weighted by atomic mass is 15.3. The topological polar surface area (TPSA) is 54.5 Å². The summed E-state index contributed by atoms with van der Waals surface area (Å²) in [7, 11) is 0. The molecule has 0 saturated heterocycles. The molecule has 1 heterocycles. The van der Waals surface area contributed by atoms with Crippen molar-refractivity contribution in [3.63, 3.8) is 0 Å². The summed E-state index contributed by atoms with van der Waals surface area (Å²) in [4.78, 5) is 3.83. The Hall–Kier alpha value is -1.37. The first kappa shape index (κ1) is 8.72.